The fourth-order valence-electron chi connectivity index (χ4n) is 3.31. The molecular weight excluding hydrogens is 212 g/mol. The van der Waals surface area contributed by atoms with Crippen molar-refractivity contribution in [1.82, 2.24) is 15.0 Å². The number of aromatic nitrogens is 3. The van der Waals surface area contributed by atoms with Gasteiger partial charge in [0.25, 0.3) is 0 Å². The van der Waals surface area contributed by atoms with E-state index < -0.39 is 0 Å². The number of rotatable bonds is 1. The van der Waals surface area contributed by atoms with Gasteiger partial charge in [-0.25, -0.2) is 9.97 Å². The van der Waals surface area contributed by atoms with Gasteiger partial charge in [-0.1, -0.05) is 6.92 Å². The van der Waals surface area contributed by atoms with Crippen LogP contribution in [0.4, 0.5) is 5.82 Å². The Bertz CT molecular complexity index is 576. The molecule has 1 unspecified atom stereocenters. The molecule has 4 nitrogen and oxygen atoms in total. The highest BCUT2D eigenvalue weighted by atomic mass is 15.2. The molecule has 2 fully saturated rings. The average Bonchev–Trinajstić information content (AvgIpc) is 2.74. The van der Waals surface area contributed by atoms with Crippen molar-refractivity contribution in [1.29, 1.82) is 0 Å². The summed E-state index contributed by atoms with van der Waals surface area (Å²) < 4.78 is 0. The Hall–Kier alpha value is -1.58. The van der Waals surface area contributed by atoms with Gasteiger partial charge in [-0.3, -0.25) is 0 Å². The van der Waals surface area contributed by atoms with Crippen molar-refractivity contribution >= 4 is 16.9 Å². The molecule has 1 aliphatic carbocycles. The van der Waals surface area contributed by atoms with Crippen LogP contribution in [0.5, 0.6) is 0 Å². The van der Waals surface area contributed by atoms with Crippen LogP contribution in [0.25, 0.3) is 11.0 Å². The Kier molecular flexibility index (Phi) is 1.67. The Balaban J connectivity index is 1.76. The van der Waals surface area contributed by atoms with Crippen LogP contribution in [0.3, 0.4) is 0 Å². The normalized spacial score (nSPS) is 30.9. The minimum absolute atomic E-state index is 0.903. The van der Waals surface area contributed by atoms with Crippen LogP contribution in [-0.4, -0.2) is 28.0 Å². The zero-order valence-electron chi connectivity index (χ0n) is 10.1. The van der Waals surface area contributed by atoms with E-state index in [-0.39, 0.29) is 0 Å². The quantitative estimate of drug-likeness (QED) is 0.811. The van der Waals surface area contributed by atoms with Crippen molar-refractivity contribution in [2.24, 2.45) is 17.8 Å². The smallest absolute Gasteiger partial charge is 0.143 e. The largest absolute Gasteiger partial charge is 0.355 e. The number of hydrogen-bond donors (Lipinski definition) is 1. The number of anilines is 1. The number of nitrogens with zero attached hydrogens (tertiary/aromatic N) is 3. The number of H-pyrrole nitrogens is 1. The molecule has 2 aromatic rings. The van der Waals surface area contributed by atoms with E-state index in [2.05, 4.69) is 39.8 Å². The number of piperidine rings is 1. The molecule has 17 heavy (non-hydrogen) atoms. The van der Waals surface area contributed by atoms with Crippen LogP contribution in [-0.2, 0) is 0 Å². The third-order valence-corrected chi connectivity index (χ3v) is 4.46. The monoisotopic (exact) mass is 228 g/mol. The standard InChI is InChI=1S/C13H16N4/c1-7-3-9-12(16-7)14-6-15-13(9)17-4-10-8(2)11(10)5-17/h3,6,8,10-11H,4-5H2,1-2H3,(H,14,15,16)/t8?,10-,11+. The summed E-state index contributed by atoms with van der Waals surface area (Å²) in [7, 11) is 0. The first kappa shape index (κ1) is 9.45. The molecule has 0 spiro atoms. The second kappa shape index (κ2) is 3.00. The van der Waals surface area contributed by atoms with Crippen molar-refractivity contribution in [3.8, 4) is 0 Å². The highest BCUT2D eigenvalue weighted by Crippen LogP contribution is 2.52. The number of aromatic amines is 1. The first-order valence-electron chi connectivity index (χ1n) is 6.29. The van der Waals surface area contributed by atoms with Gasteiger partial charge in [0.15, 0.2) is 0 Å². The summed E-state index contributed by atoms with van der Waals surface area (Å²) in [5, 5.41) is 1.17. The summed E-state index contributed by atoms with van der Waals surface area (Å²) in [5.74, 6) is 3.84. The average molecular weight is 228 g/mol. The van der Waals surface area contributed by atoms with Gasteiger partial charge in [0.1, 0.15) is 17.8 Å². The van der Waals surface area contributed by atoms with Gasteiger partial charge >= 0.3 is 0 Å². The molecule has 0 bridgehead atoms. The molecule has 0 aromatic carbocycles. The Morgan fingerprint density at radius 3 is 2.82 bits per heavy atom. The lowest BCUT2D eigenvalue weighted by molar-refractivity contribution is 0.685. The summed E-state index contributed by atoms with van der Waals surface area (Å²) in [5.41, 5.74) is 2.11. The van der Waals surface area contributed by atoms with E-state index in [0.29, 0.717) is 0 Å². The summed E-state index contributed by atoms with van der Waals surface area (Å²) >= 11 is 0. The van der Waals surface area contributed by atoms with E-state index in [1.165, 1.54) is 18.5 Å². The predicted molar refractivity (Wildman–Crippen MR) is 67.0 cm³/mol. The van der Waals surface area contributed by atoms with Gasteiger partial charge in [0.2, 0.25) is 0 Å². The molecule has 4 rings (SSSR count). The van der Waals surface area contributed by atoms with Gasteiger partial charge in [0, 0.05) is 18.8 Å². The van der Waals surface area contributed by atoms with E-state index in [1.807, 2.05) is 0 Å². The Morgan fingerprint density at radius 1 is 1.29 bits per heavy atom. The first-order valence-corrected chi connectivity index (χ1v) is 6.29. The van der Waals surface area contributed by atoms with Crippen molar-refractivity contribution in [3.63, 3.8) is 0 Å². The molecule has 1 saturated heterocycles. The van der Waals surface area contributed by atoms with Crippen LogP contribution >= 0.6 is 0 Å². The van der Waals surface area contributed by atoms with E-state index in [1.54, 1.807) is 6.33 Å². The molecule has 1 saturated carbocycles. The fourth-order valence-corrected chi connectivity index (χ4v) is 3.31. The third-order valence-electron chi connectivity index (χ3n) is 4.46. The lowest BCUT2D eigenvalue weighted by Gasteiger charge is -2.20. The number of fused-ring (bicyclic) bond motifs is 2. The molecular formula is C13H16N4. The maximum Gasteiger partial charge on any atom is 0.143 e. The van der Waals surface area contributed by atoms with Gasteiger partial charge in [-0.15, -0.1) is 0 Å². The highest BCUT2D eigenvalue weighted by Gasteiger charge is 2.53. The van der Waals surface area contributed by atoms with Gasteiger partial charge in [0.05, 0.1) is 5.39 Å². The molecule has 2 aliphatic rings. The van der Waals surface area contributed by atoms with Crippen molar-refractivity contribution < 1.29 is 0 Å². The van der Waals surface area contributed by atoms with Gasteiger partial charge in [-0.2, -0.15) is 0 Å². The lowest BCUT2D eigenvalue weighted by atomic mass is 10.2. The second-order valence-electron chi connectivity index (χ2n) is 5.50. The van der Waals surface area contributed by atoms with Crippen molar-refractivity contribution in [3.05, 3.63) is 18.1 Å². The molecule has 88 valence electrons. The molecule has 1 N–H and O–H groups in total. The summed E-state index contributed by atoms with van der Waals surface area (Å²) in [6.45, 7) is 6.77. The van der Waals surface area contributed by atoms with Crippen LogP contribution < -0.4 is 4.90 Å². The molecule has 3 heterocycles. The Morgan fingerprint density at radius 2 is 2.06 bits per heavy atom. The minimum Gasteiger partial charge on any atom is -0.355 e. The van der Waals surface area contributed by atoms with Crippen LogP contribution in [0.1, 0.15) is 12.6 Å². The van der Waals surface area contributed by atoms with E-state index in [4.69, 9.17) is 0 Å². The van der Waals surface area contributed by atoms with Gasteiger partial charge in [-0.05, 0) is 30.7 Å². The van der Waals surface area contributed by atoms with Crippen LogP contribution in [0.15, 0.2) is 12.4 Å². The Labute approximate surface area is 100 Å². The lowest BCUT2D eigenvalue weighted by Crippen LogP contribution is -2.24. The molecule has 1 aliphatic heterocycles. The SMILES string of the molecule is Cc1cc2c(N3C[C@@H]4C(C)[C@@H]4C3)ncnc2[nH]1. The zero-order valence-corrected chi connectivity index (χ0v) is 10.1. The number of nitrogens with one attached hydrogen (secondary N) is 1. The van der Waals surface area contributed by atoms with E-state index >= 15 is 0 Å². The molecule has 0 amide bonds. The van der Waals surface area contributed by atoms with Crippen molar-refractivity contribution in [2.45, 2.75) is 13.8 Å². The second-order valence-corrected chi connectivity index (χ2v) is 5.50. The van der Waals surface area contributed by atoms with Gasteiger partial charge < -0.3 is 9.88 Å². The minimum atomic E-state index is 0.903. The summed E-state index contributed by atoms with van der Waals surface area (Å²) in [6, 6.07) is 2.15. The molecule has 4 heteroatoms. The highest BCUT2D eigenvalue weighted by molar-refractivity contribution is 5.88. The maximum absolute atomic E-state index is 4.48. The van der Waals surface area contributed by atoms with Crippen LogP contribution in [0.2, 0.25) is 0 Å². The van der Waals surface area contributed by atoms with Crippen LogP contribution in [0, 0.1) is 24.7 Å². The molecule has 2 aromatic heterocycles. The van der Waals surface area contributed by atoms with E-state index in [0.717, 1.165) is 34.9 Å². The summed E-state index contributed by atoms with van der Waals surface area (Å²) in [6.07, 6.45) is 1.67. The predicted octanol–water partition coefficient (Wildman–Crippen LogP) is 1.97. The topological polar surface area (TPSA) is 44.8 Å². The van der Waals surface area contributed by atoms with Crippen molar-refractivity contribution in [2.75, 3.05) is 18.0 Å². The zero-order chi connectivity index (χ0) is 11.6. The fraction of sp³-hybridized carbons (Fsp3) is 0.538. The first-order chi connectivity index (χ1) is 8.24. The third kappa shape index (κ3) is 1.24. The number of aryl methyl sites for hydroxylation is 1. The molecule has 0 radical (unpaired) electrons. The maximum atomic E-state index is 4.48. The molecule has 3 atom stereocenters. The van der Waals surface area contributed by atoms with E-state index in [9.17, 15) is 0 Å². The summed E-state index contributed by atoms with van der Waals surface area (Å²) in [4.78, 5) is 14.5. The number of hydrogen-bond acceptors (Lipinski definition) is 3.